The van der Waals surface area contributed by atoms with Crippen LogP contribution in [0.2, 0.25) is 0 Å². The number of benzene rings is 1. The molecule has 3 N–H and O–H groups in total. The van der Waals surface area contributed by atoms with Gasteiger partial charge in [-0.15, -0.1) is 12.4 Å². The number of fused-ring (bicyclic) bond motifs is 1. The van der Waals surface area contributed by atoms with E-state index in [1.165, 1.54) is 6.07 Å². The molecule has 3 unspecified atom stereocenters. The molecule has 4 nitrogen and oxygen atoms in total. The predicted molar refractivity (Wildman–Crippen MR) is 93.6 cm³/mol. The van der Waals surface area contributed by atoms with E-state index >= 15 is 0 Å². The molecular formula is C18H26ClFN2O2. The lowest BCUT2D eigenvalue weighted by atomic mass is 9.54. The van der Waals surface area contributed by atoms with Crippen molar-refractivity contribution in [1.82, 2.24) is 5.32 Å². The number of aryl methyl sites for hydroxylation is 1. The average Bonchev–Trinajstić information content (AvgIpc) is 2.88. The molecule has 0 aromatic heterocycles. The van der Waals surface area contributed by atoms with Crippen molar-refractivity contribution in [3.63, 3.8) is 0 Å². The highest BCUT2D eigenvalue weighted by molar-refractivity contribution is 5.89. The van der Waals surface area contributed by atoms with Crippen LogP contribution in [0.4, 0.5) is 4.39 Å². The zero-order chi connectivity index (χ0) is 16.8. The van der Waals surface area contributed by atoms with Crippen LogP contribution < -0.4 is 11.1 Å². The lowest BCUT2D eigenvalue weighted by molar-refractivity contribution is -0.171. The molecule has 1 aromatic carbocycles. The summed E-state index contributed by atoms with van der Waals surface area (Å²) < 4.78 is 19.0. The first-order valence-corrected chi connectivity index (χ1v) is 8.29. The number of carbonyl (C=O) groups excluding carboxylic acids is 1. The SMILES string of the molecule is CCOC1CC(N)(C(=O)NC2CCc3cc(F)ccc32)C1(C)C.Cl. The van der Waals surface area contributed by atoms with Crippen LogP contribution in [0.15, 0.2) is 18.2 Å². The van der Waals surface area contributed by atoms with Crippen LogP contribution in [0.1, 0.15) is 50.8 Å². The van der Waals surface area contributed by atoms with Crippen LogP contribution in [0.5, 0.6) is 0 Å². The highest BCUT2D eigenvalue weighted by Crippen LogP contribution is 2.50. The van der Waals surface area contributed by atoms with Gasteiger partial charge in [0, 0.05) is 18.4 Å². The number of ether oxygens (including phenoxy) is 1. The quantitative estimate of drug-likeness (QED) is 0.871. The summed E-state index contributed by atoms with van der Waals surface area (Å²) >= 11 is 0. The molecule has 0 radical (unpaired) electrons. The second-order valence-corrected chi connectivity index (χ2v) is 7.25. The van der Waals surface area contributed by atoms with Gasteiger partial charge < -0.3 is 15.8 Å². The molecule has 134 valence electrons. The van der Waals surface area contributed by atoms with Gasteiger partial charge in [-0.25, -0.2) is 4.39 Å². The molecule has 1 saturated carbocycles. The molecule has 2 aliphatic carbocycles. The van der Waals surface area contributed by atoms with Gasteiger partial charge in [-0.1, -0.05) is 19.9 Å². The Balaban J connectivity index is 0.00000208. The highest BCUT2D eigenvalue weighted by atomic mass is 35.5. The van der Waals surface area contributed by atoms with Crippen molar-refractivity contribution < 1.29 is 13.9 Å². The number of nitrogens with one attached hydrogen (secondary N) is 1. The van der Waals surface area contributed by atoms with Crippen LogP contribution in [-0.4, -0.2) is 24.2 Å². The summed E-state index contributed by atoms with van der Waals surface area (Å²) in [4.78, 5) is 12.8. The maximum Gasteiger partial charge on any atom is 0.241 e. The molecule has 0 aliphatic heterocycles. The number of amides is 1. The molecule has 1 aromatic rings. The van der Waals surface area contributed by atoms with E-state index in [4.69, 9.17) is 10.5 Å². The van der Waals surface area contributed by atoms with Crippen LogP contribution in [-0.2, 0) is 16.0 Å². The molecule has 0 heterocycles. The Bertz CT molecular complexity index is 637. The second-order valence-electron chi connectivity index (χ2n) is 7.25. The fourth-order valence-corrected chi connectivity index (χ4v) is 3.84. The van der Waals surface area contributed by atoms with E-state index in [1.807, 2.05) is 20.8 Å². The minimum Gasteiger partial charge on any atom is -0.378 e. The molecule has 0 saturated heterocycles. The van der Waals surface area contributed by atoms with E-state index in [2.05, 4.69) is 5.32 Å². The van der Waals surface area contributed by atoms with E-state index in [-0.39, 0.29) is 36.3 Å². The van der Waals surface area contributed by atoms with Crippen LogP contribution in [0.3, 0.4) is 0 Å². The molecule has 0 bridgehead atoms. The van der Waals surface area contributed by atoms with Crippen molar-refractivity contribution in [3.8, 4) is 0 Å². The summed E-state index contributed by atoms with van der Waals surface area (Å²) in [6.07, 6.45) is 2.10. The van der Waals surface area contributed by atoms with Gasteiger partial charge in [0.1, 0.15) is 11.4 Å². The van der Waals surface area contributed by atoms with Crippen LogP contribution in [0.25, 0.3) is 0 Å². The lowest BCUT2D eigenvalue weighted by Gasteiger charge is -2.57. The summed E-state index contributed by atoms with van der Waals surface area (Å²) in [5, 5.41) is 3.07. The van der Waals surface area contributed by atoms with Crippen molar-refractivity contribution in [2.75, 3.05) is 6.61 Å². The van der Waals surface area contributed by atoms with Gasteiger partial charge >= 0.3 is 0 Å². The summed E-state index contributed by atoms with van der Waals surface area (Å²) in [6.45, 7) is 6.53. The van der Waals surface area contributed by atoms with Gasteiger partial charge in [-0.05, 0) is 43.0 Å². The van der Waals surface area contributed by atoms with E-state index in [0.717, 1.165) is 24.0 Å². The molecule has 1 fully saturated rings. The number of hydrogen-bond acceptors (Lipinski definition) is 3. The van der Waals surface area contributed by atoms with Gasteiger partial charge in [-0.3, -0.25) is 4.79 Å². The Morgan fingerprint density at radius 2 is 2.17 bits per heavy atom. The smallest absolute Gasteiger partial charge is 0.241 e. The average molecular weight is 357 g/mol. The van der Waals surface area contributed by atoms with Gasteiger partial charge in [0.25, 0.3) is 0 Å². The van der Waals surface area contributed by atoms with Gasteiger partial charge in [0.15, 0.2) is 0 Å². The minimum atomic E-state index is -0.921. The molecule has 0 spiro atoms. The fourth-order valence-electron chi connectivity index (χ4n) is 3.84. The van der Waals surface area contributed by atoms with Crippen molar-refractivity contribution in [3.05, 3.63) is 35.1 Å². The van der Waals surface area contributed by atoms with Gasteiger partial charge in [0.2, 0.25) is 5.91 Å². The largest absolute Gasteiger partial charge is 0.378 e. The third kappa shape index (κ3) is 2.83. The van der Waals surface area contributed by atoms with E-state index < -0.39 is 11.0 Å². The topological polar surface area (TPSA) is 64.3 Å². The van der Waals surface area contributed by atoms with Crippen molar-refractivity contribution >= 4 is 18.3 Å². The Hall–Kier alpha value is -1.17. The maximum absolute atomic E-state index is 13.3. The Labute approximate surface area is 148 Å². The second kappa shape index (κ2) is 6.62. The molecule has 1 amide bonds. The molecule has 2 aliphatic rings. The normalized spacial score (nSPS) is 30.0. The Morgan fingerprint density at radius 1 is 1.46 bits per heavy atom. The zero-order valence-electron chi connectivity index (χ0n) is 14.4. The van der Waals surface area contributed by atoms with Gasteiger partial charge in [0.05, 0.1) is 12.1 Å². The number of hydrogen-bond donors (Lipinski definition) is 2. The fraction of sp³-hybridized carbons (Fsp3) is 0.611. The molecule has 24 heavy (non-hydrogen) atoms. The third-order valence-corrected chi connectivity index (χ3v) is 5.72. The monoisotopic (exact) mass is 356 g/mol. The standard InChI is InChI=1S/C18H25FN2O2.ClH/c1-4-23-15-10-18(20,17(15,2)3)16(22)21-14-8-5-11-9-12(19)6-7-13(11)14;/h6-7,9,14-15H,4-5,8,10,20H2,1-3H3,(H,21,22);1H. The third-order valence-electron chi connectivity index (χ3n) is 5.72. The minimum absolute atomic E-state index is 0. The Kier molecular flexibility index (Phi) is 5.28. The summed E-state index contributed by atoms with van der Waals surface area (Å²) in [5.74, 6) is -0.369. The van der Waals surface area contributed by atoms with Gasteiger partial charge in [-0.2, -0.15) is 0 Å². The van der Waals surface area contributed by atoms with E-state index in [9.17, 15) is 9.18 Å². The van der Waals surface area contributed by atoms with Crippen molar-refractivity contribution in [2.45, 2.75) is 57.7 Å². The first kappa shape index (κ1) is 19.2. The maximum atomic E-state index is 13.3. The molecular weight excluding hydrogens is 331 g/mol. The summed E-state index contributed by atoms with van der Waals surface area (Å²) in [7, 11) is 0. The number of nitrogens with two attached hydrogens (primary N) is 1. The summed E-state index contributed by atoms with van der Waals surface area (Å²) in [6, 6.07) is 4.68. The molecule has 6 heteroatoms. The number of carbonyl (C=O) groups is 1. The Morgan fingerprint density at radius 3 is 2.79 bits per heavy atom. The first-order chi connectivity index (χ1) is 10.8. The zero-order valence-corrected chi connectivity index (χ0v) is 15.2. The van der Waals surface area contributed by atoms with Crippen LogP contribution >= 0.6 is 12.4 Å². The molecule has 3 atom stereocenters. The predicted octanol–water partition coefficient (Wildman–Crippen LogP) is 2.88. The number of halogens is 2. The van der Waals surface area contributed by atoms with Crippen molar-refractivity contribution in [2.24, 2.45) is 11.1 Å². The lowest BCUT2D eigenvalue weighted by Crippen LogP contribution is -2.75. The number of rotatable bonds is 4. The van der Waals surface area contributed by atoms with Crippen LogP contribution in [0, 0.1) is 11.2 Å². The summed E-state index contributed by atoms with van der Waals surface area (Å²) in [5.41, 5.74) is 7.06. The van der Waals surface area contributed by atoms with E-state index in [0.29, 0.717) is 13.0 Å². The highest BCUT2D eigenvalue weighted by Gasteiger charge is 2.63. The first-order valence-electron chi connectivity index (χ1n) is 8.29. The van der Waals surface area contributed by atoms with E-state index in [1.54, 1.807) is 12.1 Å². The molecule has 3 rings (SSSR count). The van der Waals surface area contributed by atoms with Crippen molar-refractivity contribution in [1.29, 1.82) is 0 Å².